The molecule has 1 saturated carbocycles. The molecule has 0 aliphatic heterocycles. The Hall–Kier alpha value is -2.51. The Labute approximate surface area is 152 Å². The molecule has 1 fully saturated rings. The first-order chi connectivity index (χ1) is 12.0. The smallest absolute Gasteiger partial charge is 0.251 e. The largest absolute Gasteiger partial charge is 0.490 e. The molecule has 0 unspecified atom stereocenters. The average Bonchev–Trinajstić information content (AvgIpc) is 3.02. The van der Waals surface area contributed by atoms with E-state index in [0.29, 0.717) is 21.9 Å². The van der Waals surface area contributed by atoms with Crippen molar-refractivity contribution in [2.24, 2.45) is 0 Å². The van der Waals surface area contributed by atoms with Gasteiger partial charge in [-0.25, -0.2) is 0 Å². The third kappa shape index (κ3) is 4.32. The van der Waals surface area contributed by atoms with Crippen LogP contribution in [0.4, 0.5) is 0 Å². The molecule has 0 bridgehead atoms. The molecule has 4 nitrogen and oxygen atoms in total. The van der Waals surface area contributed by atoms with Gasteiger partial charge in [0.05, 0.1) is 10.6 Å². The number of carbonyl (C=O) groups is 1. The van der Waals surface area contributed by atoms with Crippen LogP contribution in [0.15, 0.2) is 42.5 Å². The molecule has 1 aliphatic rings. The van der Waals surface area contributed by atoms with E-state index in [1.165, 1.54) is 0 Å². The number of hydrogen-bond donors (Lipinski definition) is 1. The number of rotatable bonds is 4. The summed E-state index contributed by atoms with van der Waals surface area (Å²) in [6, 6.07) is 14.8. The van der Waals surface area contributed by atoms with E-state index < -0.39 is 0 Å². The molecule has 0 spiro atoms. The zero-order valence-electron chi connectivity index (χ0n) is 14.0. The zero-order valence-corrected chi connectivity index (χ0v) is 14.7. The quantitative estimate of drug-likeness (QED) is 0.892. The Morgan fingerprint density at radius 1 is 1.24 bits per heavy atom. The van der Waals surface area contributed by atoms with Crippen LogP contribution in [0.3, 0.4) is 0 Å². The number of carbonyl (C=O) groups excluding carboxylic acids is 1. The number of hydrogen-bond acceptors (Lipinski definition) is 3. The molecule has 1 N–H and O–H groups in total. The number of nitrogens with one attached hydrogen (secondary N) is 1. The van der Waals surface area contributed by atoms with Crippen molar-refractivity contribution in [2.45, 2.75) is 38.3 Å². The van der Waals surface area contributed by atoms with E-state index in [9.17, 15) is 4.79 Å². The lowest BCUT2D eigenvalue weighted by atomic mass is 10.1. The summed E-state index contributed by atoms with van der Waals surface area (Å²) in [6.45, 7) is 2.00. The predicted octanol–water partition coefficient (Wildman–Crippen LogP) is 4.25. The Bertz CT molecular complexity index is 811. The summed E-state index contributed by atoms with van der Waals surface area (Å²) in [7, 11) is 0. The van der Waals surface area contributed by atoms with Crippen LogP contribution in [0.5, 0.6) is 5.75 Å². The maximum absolute atomic E-state index is 12.3. The van der Waals surface area contributed by atoms with Crippen molar-refractivity contribution in [2.75, 3.05) is 0 Å². The molecule has 0 aromatic heterocycles. The molecular formula is C20H19ClN2O2. The van der Waals surface area contributed by atoms with Gasteiger partial charge in [0.25, 0.3) is 5.91 Å². The van der Waals surface area contributed by atoms with Crippen molar-refractivity contribution in [3.8, 4) is 11.8 Å². The summed E-state index contributed by atoms with van der Waals surface area (Å²) >= 11 is 6.03. The predicted molar refractivity (Wildman–Crippen MR) is 96.9 cm³/mol. The second kappa shape index (κ2) is 7.58. The van der Waals surface area contributed by atoms with Crippen LogP contribution < -0.4 is 10.1 Å². The first kappa shape index (κ1) is 17.3. The molecule has 2 aromatic rings. The summed E-state index contributed by atoms with van der Waals surface area (Å²) in [5, 5.41) is 12.4. The van der Waals surface area contributed by atoms with Gasteiger partial charge in [0.1, 0.15) is 17.9 Å². The van der Waals surface area contributed by atoms with Crippen LogP contribution in [0.1, 0.15) is 40.7 Å². The number of nitriles is 1. The third-order valence-electron chi connectivity index (χ3n) is 4.40. The highest BCUT2D eigenvalue weighted by Gasteiger charge is 2.27. The summed E-state index contributed by atoms with van der Waals surface area (Å²) in [4.78, 5) is 12.3. The molecule has 25 heavy (non-hydrogen) atoms. The number of ether oxygens (including phenoxy) is 1. The fraction of sp³-hybridized carbons (Fsp3) is 0.300. The van der Waals surface area contributed by atoms with Gasteiger partial charge in [-0.3, -0.25) is 4.79 Å². The van der Waals surface area contributed by atoms with Gasteiger partial charge in [-0.2, -0.15) is 5.26 Å². The van der Waals surface area contributed by atoms with Crippen LogP contribution in [-0.2, 0) is 0 Å². The van der Waals surface area contributed by atoms with E-state index in [0.717, 1.165) is 24.8 Å². The van der Waals surface area contributed by atoms with E-state index >= 15 is 0 Å². The second-order valence-electron chi connectivity index (χ2n) is 6.34. The summed E-state index contributed by atoms with van der Waals surface area (Å²) in [5.41, 5.74) is 2.24. The zero-order chi connectivity index (χ0) is 17.8. The summed E-state index contributed by atoms with van der Waals surface area (Å²) < 4.78 is 5.94. The normalized spacial score (nSPS) is 19.2. The van der Waals surface area contributed by atoms with Crippen molar-refractivity contribution in [1.29, 1.82) is 5.26 Å². The van der Waals surface area contributed by atoms with Gasteiger partial charge < -0.3 is 10.1 Å². The Balaban J connectivity index is 1.55. The van der Waals surface area contributed by atoms with Gasteiger partial charge in [-0.05, 0) is 44.0 Å². The van der Waals surface area contributed by atoms with Gasteiger partial charge >= 0.3 is 0 Å². The number of amides is 1. The maximum atomic E-state index is 12.3. The minimum absolute atomic E-state index is 0.0346. The van der Waals surface area contributed by atoms with Gasteiger partial charge in [0, 0.05) is 24.1 Å². The van der Waals surface area contributed by atoms with Crippen molar-refractivity contribution in [1.82, 2.24) is 5.32 Å². The monoisotopic (exact) mass is 354 g/mol. The van der Waals surface area contributed by atoms with Gasteiger partial charge in [-0.15, -0.1) is 0 Å². The van der Waals surface area contributed by atoms with Gasteiger partial charge in [-0.1, -0.05) is 29.3 Å². The summed E-state index contributed by atoms with van der Waals surface area (Å²) in [6.07, 6.45) is 2.55. The molecule has 1 amide bonds. The highest BCUT2D eigenvalue weighted by Crippen LogP contribution is 2.28. The standard InChI is InChI=1S/C20H19ClN2O2/c1-13-2-4-14(5-3-13)20(24)23-16-7-9-17(10-16)25-18-8-6-15(12-22)19(21)11-18/h2-6,8,11,16-17H,7,9-10H2,1H3,(H,23,24)/t16-,17+/m0/s1. The maximum Gasteiger partial charge on any atom is 0.251 e. The van der Waals surface area contributed by atoms with Gasteiger partial charge in [0.15, 0.2) is 0 Å². The van der Waals surface area contributed by atoms with Crippen molar-refractivity contribution in [3.05, 3.63) is 64.2 Å². The second-order valence-corrected chi connectivity index (χ2v) is 6.75. The number of halogens is 1. The molecule has 128 valence electrons. The lowest BCUT2D eigenvalue weighted by molar-refractivity contribution is 0.0935. The van der Waals surface area contributed by atoms with E-state index in [2.05, 4.69) is 5.32 Å². The van der Waals surface area contributed by atoms with Crippen molar-refractivity contribution < 1.29 is 9.53 Å². The molecule has 1 aliphatic carbocycles. The molecule has 5 heteroatoms. The number of nitrogens with zero attached hydrogens (tertiary/aromatic N) is 1. The van der Waals surface area contributed by atoms with Gasteiger partial charge in [0.2, 0.25) is 0 Å². The molecule has 3 rings (SSSR count). The Morgan fingerprint density at radius 3 is 2.68 bits per heavy atom. The topological polar surface area (TPSA) is 62.1 Å². The molecule has 0 heterocycles. The van der Waals surface area contributed by atoms with Crippen LogP contribution in [-0.4, -0.2) is 18.1 Å². The van der Waals surface area contributed by atoms with Crippen LogP contribution >= 0.6 is 11.6 Å². The van der Waals surface area contributed by atoms with E-state index in [1.807, 2.05) is 37.3 Å². The number of aryl methyl sites for hydroxylation is 1. The molecule has 0 radical (unpaired) electrons. The minimum atomic E-state index is -0.0490. The fourth-order valence-electron chi connectivity index (χ4n) is 3.00. The molecular weight excluding hydrogens is 336 g/mol. The lowest BCUT2D eigenvalue weighted by Crippen LogP contribution is -2.33. The first-order valence-electron chi connectivity index (χ1n) is 8.29. The third-order valence-corrected chi connectivity index (χ3v) is 4.71. The van der Waals surface area contributed by atoms with Crippen LogP contribution in [0.25, 0.3) is 0 Å². The fourth-order valence-corrected chi connectivity index (χ4v) is 3.22. The Morgan fingerprint density at radius 2 is 2.00 bits per heavy atom. The summed E-state index contributed by atoms with van der Waals surface area (Å²) in [5.74, 6) is 0.603. The van der Waals surface area contributed by atoms with E-state index in [1.54, 1.807) is 18.2 Å². The van der Waals surface area contributed by atoms with Crippen molar-refractivity contribution >= 4 is 17.5 Å². The lowest BCUT2D eigenvalue weighted by Gasteiger charge is -2.15. The van der Waals surface area contributed by atoms with E-state index in [4.69, 9.17) is 21.6 Å². The average molecular weight is 355 g/mol. The van der Waals surface area contributed by atoms with E-state index in [-0.39, 0.29) is 18.1 Å². The Kier molecular flexibility index (Phi) is 5.25. The minimum Gasteiger partial charge on any atom is -0.490 e. The highest BCUT2D eigenvalue weighted by molar-refractivity contribution is 6.31. The molecule has 2 aromatic carbocycles. The first-order valence-corrected chi connectivity index (χ1v) is 8.67. The van der Waals surface area contributed by atoms with Crippen LogP contribution in [0, 0.1) is 18.3 Å². The SMILES string of the molecule is Cc1ccc(C(=O)N[C@H]2CC[C@@H](Oc3ccc(C#N)c(Cl)c3)C2)cc1. The number of benzene rings is 2. The van der Waals surface area contributed by atoms with Crippen molar-refractivity contribution in [3.63, 3.8) is 0 Å². The molecule has 2 atom stereocenters. The highest BCUT2D eigenvalue weighted by atomic mass is 35.5. The molecule has 0 saturated heterocycles. The van der Waals surface area contributed by atoms with Crippen LogP contribution in [0.2, 0.25) is 5.02 Å².